The second-order valence-corrected chi connectivity index (χ2v) is 5.18. The van der Waals surface area contributed by atoms with Crippen LogP contribution >= 0.6 is 0 Å². The van der Waals surface area contributed by atoms with Gasteiger partial charge in [0.15, 0.2) is 0 Å². The highest BCUT2D eigenvalue weighted by atomic mass is 19.4. The summed E-state index contributed by atoms with van der Waals surface area (Å²) in [5.41, 5.74) is 0.737. The molecule has 7 heteroatoms. The molecule has 126 valence electrons. The van der Waals surface area contributed by atoms with Crippen LogP contribution in [0.25, 0.3) is 0 Å². The fourth-order valence-corrected chi connectivity index (χ4v) is 2.08. The normalized spacial score (nSPS) is 11.0. The minimum Gasteiger partial charge on any atom is -0.326 e. The van der Waals surface area contributed by atoms with Gasteiger partial charge in [0.05, 0.1) is 12.0 Å². The second kappa shape index (κ2) is 7.16. The molecule has 4 nitrogen and oxygen atoms in total. The monoisotopic (exact) mass is 336 g/mol. The third-order valence-electron chi connectivity index (χ3n) is 3.11. The molecule has 0 radical (unpaired) electrons. The van der Waals surface area contributed by atoms with Crippen LogP contribution in [0.4, 0.5) is 24.5 Å². The fourth-order valence-electron chi connectivity index (χ4n) is 2.08. The Balaban J connectivity index is 1.99. The summed E-state index contributed by atoms with van der Waals surface area (Å²) in [7, 11) is 0. The summed E-state index contributed by atoms with van der Waals surface area (Å²) >= 11 is 0. The van der Waals surface area contributed by atoms with Gasteiger partial charge in [-0.15, -0.1) is 0 Å². The van der Waals surface area contributed by atoms with Crippen LogP contribution in [0.3, 0.4) is 0 Å². The van der Waals surface area contributed by atoms with Gasteiger partial charge in [0.1, 0.15) is 0 Å². The molecule has 24 heavy (non-hydrogen) atoms. The molecule has 2 aromatic rings. The molecule has 0 atom stereocenters. The molecule has 0 aliphatic rings. The Morgan fingerprint density at radius 3 is 2.08 bits per heavy atom. The predicted octanol–water partition coefficient (Wildman–Crippen LogP) is 3.85. The van der Waals surface area contributed by atoms with Crippen LogP contribution in [-0.4, -0.2) is 11.8 Å². The minimum atomic E-state index is -4.40. The number of nitrogens with one attached hydrogen (secondary N) is 2. The molecule has 0 aromatic heterocycles. The van der Waals surface area contributed by atoms with Crippen LogP contribution in [0.2, 0.25) is 0 Å². The third-order valence-corrected chi connectivity index (χ3v) is 3.11. The minimum absolute atomic E-state index is 0.0531. The smallest absolute Gasteiger partial charge is 0.326 e. The summed E-state index contributed by atoms with van der Waals surface area (Å²) < 4.78 is 37.5. The van der Waals surface area contributed by atoms with Crippen LogP contribution < -0.4 is 10.6 Å². The first kappa shape index (κ1) is 17.5. The van der Waals surface area contributed by atoms with E-state index in [9.17, 15) is 22.8 Å². The first-order chi connectivity index (χ1) is 11.2. The molecule has 0 bridgehead atoms. The van der Waals surface area contributed by atoms with E-state index in [2.05, 4.69) is 10.6 Å². The van der Waals surface area contributed by atoms with Gasteiger partial charge in [-0.1, -0.05) is 18.2 Å². The Bertz CT molecular complexity index is 740. The molecule has 0 aliphatic heterocycles. The van der Waals surface area contributed by atoms with Crippen molar-refractivity contribution in [3.8, 4) is 0 Å². The Hall–Kier alpha value is -2.83. The zero-order chi connectivity index (χ0) is 17.7. The summed E-state index contributed by atoms with van der Waals surface area (Å²) in [6.07, 6.45) is -4.45. The van der Waals surface area contributed by atoms with Gasteiger partial charge in [-0.2, -0.15) is 13.2 Å². The van der Waals surface area contributed by atoms with E-state index in [1.165, 1.54) is 19.1 Å². The lowest BCUT2D eigenvalue weighted by Gasteiger charge is -2.09. The standard InChI is InChI=1S/C17H15F3N2O2/c1-11(23)21-14-3-2-4-15(10-14)22-16(24)9-12-5-7-13(8-6-12)17(18,19)20/h2-8,10H,9H2,1H3,(H,21,23)(H,22,24). The number of carbonyl (C=O) groups is 2. The summed E-state index contributed by atoms with van der Waals surface area (Å²) in [6.45, 7) is 1.37. The van der Waals surface area contributed by atoms with Crippen molar-refractivity contribution in [2.45, 2.75) is 19.5 Å². The number of halogens is 3. The molecule has 2 N–H and O–H groups in total. The van der Waals surface area contributed by atoms with E-state index in [-0.39, 0.29) is 18.2 Å². The molecule has 0 saturated heterocycles. The first-order valence-electron chi connectivity index (χ1n) is 7.08. The maximum Gasteiger partial charge on any atom is 0.416 e. The van der Waals surface area contributed by atoms with Crippen molar-refractivity contribution >= 4 is 23.2 Å². The molecular weight excluding hydrogens is 321 g/mol. The number of hydrogen-bond donors (Lipinski definition) is 2. The average molecular weight is 336 g/mol. The number of hydrogen-bond acceptors (Lipinski definition) is 2. The van der Waals surface area contributed by atoms with E-state index in [0.717, 1.165) is 12.1 Å². The van der Waals surface area contributed by atoms with Crippen LogP contribution in [0, 0.1) is 0 Å². The van der Waals surface area contributed by atoms with Crippen molar-refractivity contribution < 1.29 is 22.8 Å². The van der Waals surface area contributed by atoms with Gasteiger partial charge < -0.3 is 10.6 Å². The number of amides is 2. The van der Waals surface area contributed by atoms with Crippen LogP contribution in [0.5, 0.6) is 0 Å². The SMILES string of the molecule is CC(=O)Nc1cccc(NC(=O)Cc2ccc(C(F)(F)F)cc2)c1. The Kier molecular flexibility index (Phi) is 5.23. The molecule has 2 aromatic carbocycles. The molecule has 0 spiro atoms. The number of carbonyl (C=O) groups excluding carboxylic acids is 2. The highest BCUT2D eigenvalue weighted by molar-refractivity contribution is 5.94. The van der Waals surface area contributed by atoms with Gasteiger partial charge in [-0.05, 0) is 35.9 Å². The topological polar surface area (TPSA) is 58.2 Å². The lowest BCUT2D eigenvalue weighted by molar-refractivity contribution is -0.137. The molecule has 0 aliphatic carbocycles. The summed E-state index contributed by atoms with van der Waals surface area (Å²) in [5.74, 6) is -0.599. The van der Waals surface area contributed by atoms with E-state index in [0.29, 0.717) is 16.9 Å². The van der Waals surface area contributed by atoms with Crippen molar-refractivity contribution in [2.75, 3.05) is 10.6 Å². The van der Waals surface area contributed by atoms with Gasteiger partial charge >= 0.3 is 6.18 Å². The number of benzene rings is 2. The number of anilines is 2. The molecule has 0 fully saturated rings. The van der Waals surface area contributed by atoms with E-state index >= 15 is 0 Å². The molecule has 0 saturated carbocycles. The highest BCUT2D eigenvalue weighted by Gasteiger charge is 2.29. The molecule has 2 rings (SSSR count). The third kappa shape index (κ3) is 5.12. The van der Waals surface area contributed by atoms with Gasteiger partial charge in [-0.3, -0.25) is 9.59 Å². The van der Waals surface area contributed by atoms with Gasteiger partial charge in [-0.25, -0.2) is 0 Å². The van der Waals surface area contributed by atoms with Crippen molar-refractivity contribution in [1.29, 1.82) is 0 Å². The van der Waals surface area contributed by atoms with Gasteiger partial charge in [0, 0.05) is 18.3 Å². The lowest BCUT2D eigenvalue weighted by atomic mass is 10.1. The molecule has 0 unspecified atom stereocenters. The molecular formula is C17H15F3N2O2. The summed E-state index contributed by atoms with van der Waals surface area (Å²) in [4.78, 5) is 23.0. The zero-order valence-electron chi connectivity index (χ0n) is 12.8. The maximum absolute atomic E-state index is 12.5. The van der Waals surface area contributed by atoms with Gasteiger partial charge in [0.25, 0.3) is 0 Å². The molecule has 0 heterocycles. The van der Waals surface area contributed by atoms with E-state index in [1.807, 2.05) is 0 Å². The number of rotatable bonds is 4. The predicted molar refractivity (Wildman–Crippen MR) is 84.5 cm³/mol. The second-order valence-electron chi connectivity index (χ2n) is 5.18. The van der Waals surface area contributed by atoms with Crippen LogP contribution in [0.15, 0.2) is 48.5 Å². The van der Waals surface area contributed by atoms with Crippen molar-refractivity contribution in [2.24, 2.45) is 0 Å². The Morgan fingerprint density at radius 2 is 1.54 bits per heavy atom. The maximum atomic E-state index is 12.5. The largest absolute Gasteiger partial charge is 0.416 e. The van der Waals surface area contributed by atoms with E-state index in [4.69, 9.17) is 0 Å². The van der Waals surface area contributed by atoms with Crippen molar-refractivity contribution in [3.63, 3.8) is 0 Å². The number of alkyl halides is 3. The van der Waals surface area contributed by atoms with Gasteiger partial charge in [0.2, 0.25) is 11.8 Å². The Labute approximate surface area is 136 Å². The zero-order valence-corrected chi connectivity index (χ0v) is 12.8. The Morgan fingerprint density at radius 1 is 0.958 bits per heavy atom. The average Bonchev–Trinajstić information content (AvgIpc) is 2.46. The van der Waals surface area contributed by atoms with Crippen molar-refractivity contribution in [1.82, 2.24) is 0 Å². The quantitative estimate of drug-likeness (QED) is 0.891. The van der Waals surface area contributed by atoms with E-state index in [1.54, 1.807) is 24.3 Å². The van der Waals surface area contributed by atoms with Crippen LogP contribution in [0.1, 0.15) is 18.1 Å². The highest BCUT2D eigenvalue weighted by Crippen LogP contribution is 2.29. The fraction of sp³-hybridized carbons (Fsp3) is 0.176. The van der Waals surface area contributed by atoms with Crippen LogP contribution in [-0.2, 0) is 22.2 Å². The van der Waals surface area contributed by atoms with E-state index < -0.39 is 11.7 Å². The summed E-state index contributed by atoms with van der Waals surface area (Å²) in [5, 5.41) is 5.23. The first-order valence-corrected chi connectivity index (χ1v) is 7.08. The van der Waals surface area contributed by atoms with Crippen molar-refractivity contribution in [3.05, 3.63) is 59.7 Å². The summed E-state index contributed by atoms with van der Waals surface area (Å²) in [6, 6.07) is 11.0. The lowest BCUT2D eigenvalue weighted by Crippen LogP contribution is -2.15. The molecule has 2 amide bonds.